The molecule has 1 fully saturated rings. The van der Waals surface area contributed by atoms with Gasteiger partial charge in [0.1, 0.15) is 24.1 Å². The molecule has 190 valence electrons. The van der Waals surface area contributed by atoms with E-state index in [1.807, 2.05) is 75.4 Å². The number of nitrogens with zero attached hydrogens (tertiary/aromatic N) is 1. The summed E-state index contributed by atoms with van der Waals surface area (Å²) in [6, 6.07) is 17.1. The minimum absolute atomic E-state index is 0.0942. The van der Waals surface area contributed by atoms with E-state index >= 15 is 0 Å². The van der Waals surface area contributed by atoms with Crippen LogP contribution in [0.25, 0.3) is 0 Å². The van der Waals surface area contributed by atoms with Crippen LogP contribution in [0.1, 0.15) is 44.7 Å². The molecular weight excluding hydrogens is 468 g/mol. The Morgan fingerprint density at radius 2 is 1.80 bits per heavy atom. The van der Waals surface area contributed by atoms with Gasteiger partial charge in [-0.05, 0) is 63.3 Å². The van der Waals surface area contributed by atoms with Gasteiger partial charge < -0.3 is 24.4 Å². The first-order valence-electron chi connectivity index (χ1n) is 12.0. The van der Waals surface area contributed by atoms with Gasteiger partial charge in [0.2, 0.25) is 0 Å². The molecule has 2 aromatic rings. The molecule has 1 aliphatic heterocycles. The Bertz CT molecular complexity index is 946. The molecule has 35 heavy (non-hydrogen) atoms. The Morgan fingerprint density at radius 1 is 1.09 bits per heavy atom. The van der Waals surface area contributed by atoms with Crippen molar-refractivity contribution in [3.63, 3.8) is 0 Å². The lowest BCUT2D eigenvalue weighted by Crippen LogP contribution is -2.44. The molecule has 8 heteroatoms. The van der Waals surface area contributed by atoms with Crippen molar-refractivity contribution in [1.82, 2.24) is 10.2 Å². The zero-order valence-electron chi connectivity index (χ0n) is 20.7. The summed E-state index contributed by atoms with van der Waals surface area (Å²) in [7, 11) is 0. The average Bonchev–Trinajstić information content (AvgIpc) is 2.83. The van der Waals surface area contributed by atoms with E-state index in [0.29, 0.717) is 19.5 Å². The van der Waals surface area contributed by atoms with Crippen LogP contribution in [-0.4, -0.2) is 53.8 Å². The van der Waals surface area contributed by atoms with Crippen molar-refractivity contribution < 1.29 is 23.8 Å². The number of ether oxygens (including phenoxy) is 3. The summed E-state index contributed by atoms with van der Waals surface area (Å²) in [4.78, 5) is 26.2. The van der Waals surface area contributed by atoms with Crippen molar-refractivity contribution in [3.8, 4) is 5.75 Å². The first-order valence-corrected chi connectivity index (χ1v) is 12.5. The highest BCUT2D eigenvalue weighted by Gasteiger charge is 2.26. The van der Waals surface area contributed by atoms with Crippen molar-refractivity contribution in [2.75, 3.05) is 19.0 Å². The molecule has 7 nitrogen and oxygen atoms in total. The second kappa shape index (κ2) is 12.7. The molecule has 0 spiro atoms. The lowest BCUT2D eigenvalue weighted by Gasteiger charge is -2.32. The van der Waals surface area contributed by atoms with Gasteiger partial charge in [-0.2, -0.15) is 0 Å². The number of hydrogen-bond acceptors (Lipinski definition) is 5. The Kier molecular flexibility index (Phi) is 9.66. The molecule has 1 unspecified atom stereocenters. The van der Waals surface area contributed by atoms with Crippen LogP contribution in [-0.2, 0) is 22.5 Å². The lowest BCUT2D eigenvalue weighted by atomic mass is 10.1. The topological polar surface area (TPSA) is 77.1 Å². The second-order valence-corrected chi connectivity index (χ2v) is 10.0. The Morgan fingerprint density at radius 3 is 2.46 bits per heavy atom. The van der Waals surface area contributed by atoms with Crippen LogP contribution in [0.2, 0.25) is 0 Å². The molecule has 1 saturated heterocycles. The summed E-state index contributed by atoms with van der Waals surface area (Å²) >= 11 is 6.05. The van der Waals surface area contributed by atoms with Crippen LogP contribution in [0.4, 0.5) is 9.59 Å². The number of nitrogens with one attached hydrogen (secondary N) is 1. The van der Waals surface area contributed by atoms with Crippen molar-refractivity contribution in [1.29, 1.82) is 0 Å². The van der Waals surface area contributed by atoms with E-state index in [0.717, 1.165) is 29.7 Å². The van der Waals surface area contributed by atoms with Gasteiger partial charge in [0.05, 0.1) is 6.54 Å². The van der Waals surface area contributed by atoms with Gasteiger partial charge in [0, 0.05) is 18.5 Å². The summed E-state index contributed by atoms with van der Waals surface area (Å²) in [6.07, 6.45) is 1.42. The molecule has 1 heterocycles. The number of likely N-dealkylation sites (tertiary alicyclic amines) is 1. The molecule has 2 atom stereocenters. The molecule has 0 bridgehead atoms. The fourth-order valence-electron chi connectivity index (χ4n) is 3.81. The number of carbonyl (C=O) groups is 2. The zero-order valence-corrected chi connectivity index (χ0v) is 21.4. The zero-order chi connectivity index (χ0) is 25.3. The molecule has 3 rings (SSSR count). The highest BCUT2D eigenvalue weighted by molar-refractivity contribution is 6.18. The van der Waals surface area contributed by atoms with E-state index in [4.69, 9.17) is 25.8 Å². The number of carbonyl (C=O) groups excluding carboxylic acids is 2. The SMILES string of the molecule is CC(C)(C)OC(=O)N[C@H](CCl)Cc1ccc(OC2CCCN(C(=O)OCc3ccccc3)C2)cc1. The minimum atomic E-state index is -0.562. The lowest BCUT2D eigenvalue weighted by molar-refractivity contribution is 0.0509. The largest absolute Gasteiger partial charge is 0.489 e. The second-order valence-electron chi connectivity index (χ2n) is 9.71. The molecule has 0 aliphatic carbocycles. The van der Waals surface area contributed by atoms with E-state index < -0.39 is 11.7 Å². The van der Waals surface area contributed by atoms with E-state index in [-0.39, 0.29) is 30.7 Å². The average molecular weight is 503 g/mol. The van der Waals surface area contributed by atoms with E-state index in [9.17, 15) is 9.59 Å². The van der Waals surface area contributed by atoms with Crippen molar-refractivity contribution in [2.45, 2.75) is 64.4 Å². The van der Waals surface area contributed by atoms with Gasteiger partial charge in [-0.25, -0.2) is 9.59 Å². The number of piperidine rings is 1. The van der Waals surface area contributed by atoms with Crippen LogP contribution in [0.5, 0.6) is 5.75 Å². The number of alkyl carbamates (subject to hydrolysis) is 1. The highest BCUT2D eigenvalue weighted by Crippen LogP contribution is 2.21. The third kappa shape index (κ3) is 9.32. The normalized spacial score (nSPS) is 16.8. The third-order valence-electron chi connectivity index (χ3n) is 5.46. The summed E-state index contributed by atoms with van der Waals surface area (Å²) in [5.74, 6) is 1.01. The van der Waals surface area contributed by atoms with Crippen LogP contribution >= 0.6 is 11.6 Å². The Labute approximate surface area is 212 Å². The molecule has 0 aromatic heterocycles. The summed E-state index contributed by atoms with van der Waals surface area (Å²) in [5.41, 5.74) is 1.42. The van der Waals surface area contributed by atoms with Crippen LogP contribution in [0.3, 0.4) is 0 Å². The van der Waals surface area contributed by atoms with Crippen LogP contribution in [0, 0.1) is 0 Å². The number of halogens is 1. The molecule has 0 radical (unpaired) electrons. The predicted molar refractivity (Wildman–Crippen MR) is 136 cm³/mol. The van der Waals surface area contributed by atoms with Crippen molar-refractivity contribution in [3.05, 3.63) is 65.7 Å². The quantitative estimate of drug-likeness (QED) is 0.479. The first-order chi connectivity index (χ1) is 16.7. The summed E-state index contributed by atoms with van der Waals surface area (Å²) < 4.78 is 16.9. The molecule has 1 N–H and O–H groups in total. The monoisotopic (exact) mass is 502 g/mol. The minimum Gasteiger partial charge on any atom is -0.489 e. The maximum Gasteiger partial charge on any atom is 0.410 e. The van der Waals surface area contributed by atoms with Crippen LogP contribution in [0.15, 0.2) is 54.6 Å². The maximum atomic E-state index is 12.5. The standard InChI is InChI=1S/C27H35ClN2O5/c1-27(2,3)35-25(31)29-22(17-28)16-20-11-13-23(14-12-20)34-24-10-7-15-30(18-24)26(32)33-19-21-8-5-4-6-9-21/h4-6,8-9,11-14,22,24H,7,10,15-19H2,1-3H3,(H,29,31)/t22-,24?/m0/s1. The molecule has 1 aliphatic rings. The highest BCUT2D eigenvalue weighted by atomic mass is 35.5. The number of hydrogen-bond donors (Lipinski definition) is 1. The molecule has 2 amide bonds. The summed E-state index contributed by atoms with van der Waals surface area (Å²) in [6.45, 7) is 6.87. The van der Waals surface area contributed by atoms with E-state index in [1.165, 1.54) is 0 Å². The van der Waals surface area contributed by atoms with E-state index in [1.54, 1.807) is 4.90 Å². The first kappa shape index (κ1) is 26.7. The van der Waals surface area contributed by atoms with Crippen molar-refractivity contribution in [2.24, 2.45) is 0 Å². The molecule has 0 saturated carbocycles. The fraction of sp³-hybridized carbons (Fsp3) is 0.481. The third-order valence-corrected chi connectivity index (χ3v) is 5.83. The number of alkyl halides is 1. The maximum absolute atomic E-state index is 12.5. The number of benzene rings is 2. The smallest absolute Gasteiger partial charge is 0.410 e. The van der Waals surface area contributed by atoms with Crippen molar-refractivity contribution >= 4 is 23.8 Å². The van der Waals surface area contributed by atoms with Gasteiger partial charge in [-0.1, -0.05) is 42.5 Å². The molecular formula is C27H35ClN2O5. The summed E-state index contributed by atoms with van der Waals surface area (Å²) in [5, 5.41) is 2.81. The van der Waals surface area contributed by atoms with Gasteiger partial charge in [-0.15, -0.1) is 11.6 Å². The van der Waals surface area contributed by atoms with Gasteiger partial charge in [0.15, 0.2) is 0 Å². The van der Waals surface area contributed by atoms with E-state index in [2.05, 4.69) is 5.32 Å². The van der Waals surface area contributed by atoms with Crippen LogP contribution < -0.4 is 10.1 Å². The Balaban J connectivity index is 1.46. The van der Waals surface area contributed by atoms with Gasteiger partial charge >= 0.3 is 12.2 Å². The fourth-order valence-corrected chi connectivity index (χ4v) is 4.00. The van der Waals surface area contributed by atoms with Gasteiger partial charge in [-0.3, -0.25) is 0 Å². The number of amides is 2. The predicted octanol–water partition coefficient (Wildman–Crippen LogP) is 5.54. The molecule has 2 aromatic carbocycles. The number of rotatable bonds is 8. The van der Waals surface area contributed by atoms with Gasteiger partial charge in [0.25, 0.3) is 0 Å². The Hall–Kier alpha value is -2.93.